The zero-order valence-electron chi connectivity index (χ0n) is 15.7. The molecule has 1 aromatic carbocycles. The molecule has 0 aromatic heterocycles. The highest BCUT2D eigenvalue weighted by molar-refractivity contribution is 7.80. The number of benzene rings is 1. The van der Waals surface area contributed by atoms with Crippen molar-refractivity contribution in [2.45, 2.75) is 44.1 Å². The number of hydrogen-bond donors (Lipinski definition) is 1. The van der Waals surface area contributed by atoms with Crippen molar-refractivity contribution in [3.63, 3.8) is 0 Å². The summed E-state index contributed by atoms with van der Waals surface area (Å²) < 4.78 is 16.9. The van der Waals surface area contributed by atoms with E-state index < -0.39 is 0 Å². The van der Waals surface area contributed by atoms with E-state index >= 15 is 0 Å². The van der Waals surface area contributed by atoms with Crippen LogP contribution in [0.1, 0.15) is 49.8 Å². The second-order valence-corrected chi connectivity index (χ2v) is 7.99. The molecule has 4 rings (SSSR count). The summed E-state index contributed by atoms with van der Waals surface area (Å²) >= 11 is 5.74. The molecule has 5 nitrogen and oxygen atoms in total. The van der Waals surface area contributed by atoms with E-state index in [1.165, 1.54) is 36.8 Å². The van der Waals surface area contributed by atoms with E-state index in [9.17, 15) is 0 Å². The van der Waals surface area contributed by atoms with E-state index in [-0.39, 0.29) is 11.5 Å². The third-order valence-corrected chi connectivity index (χ3v) is 6.46. The Balaban J connectivity index is 1.69. The van der Waals surface area contributed by atoms with Gasteiger partial charge in [0.2, 0.25) is 0 Å². The lowest BCUT2D eigenvalue weighted by Crippen LogP contribution is -2.52. The van der Waals surface area contributed by atoms with Gasteiger partial charge in [0.1, 0.15) is 13.2 Å². The summed E-state index contributed by atoms with van der Waals surface area (Å²) in [5.74, 6) is 1.78. The third kappa shape index (κ3) is 3.03. The summed E-state index contributed by atoms with van der Waals surface area (Å²) in [6, 6.07) is 4.66. The van der Waals surface area contributed by atoms with Crippen LogP contribution in [-0.4, -0.2) is 50.0 Å². The van der Waals surface area contributed by atoms with E-state index in [0.29, 0.717) is 19.8 Å². The molecular weight excluding hydrogens is 348 g/mol. The number of nitrogens with zero attached hydrogens (tertiary/aromatic N) is 1. The van der Waals surface area contributed by atoms with Gasteiger partial charge in [0, 0.05) is 25.6 Å². The predicted molar refractivity (Wildman–Crippen MR) is 105 cm³/mol. The summed E-state index contributed by atoms with van der Waals surface area (Å²) in [6.45, 7) is 5.85. The van der Waals surface area contributed by atoms with Gasteiger partial charge in [0.15, 0.2) is 16.6 Å². The number of hydrogen-bond acceptors (Lipinski definition) is 4. The van der Waals surface area contributed by atoms with Crippen molar-refractivity contribution >= 4 is 17.3 Å². The average molecular weight is 377 g/mol. The topological polar surface area (TPSA) is 43.0 Å². The second kappa shape index (κ2) is 7.24. The Bertz CT molecular complexity index is 688. The van der Waals surface area contributed by atoms with Crippen LogP contribution in [0.5, 0.6) is 11.5 Å². The minimum atomic E-state index is 0.171. The van der Waals surface area contributed by atoms with Crippen LogP contribution < -0.4 is 14.8 Å². The molecule has 1 atom stereocenters. The Morgan fingerprint density at radius 1 is 1.27 bits per heavy atom. The Morgan fingerprint density at radius 2 is 1.96 bits per heavy atom. The van der Waals surface area contributed by atoms with Crippen LogP contribution in [0.3, 0.4) is 0 Å². The van der Waals surface area contributed by atoms with Gasteiger partial charge in [-0.25, -0.2) is 0 Å². The molecule has 2 heterocycles. The third-order valence-electron chi connectivity index (χ3n) is 6.08. The van der Waals surface area contributed by atoms with E-state index in [1.807, 2.05) is 0 Å². The molecule has 1 N–H and O–H groups in total. The second-order valence-electron chi connectivity index (χ2n) is 7.60. The number of ether oxygens (including phenoxy) is 3. The van der Waals surface area contributed by atoms with Gasteiger partial charge in [-0.05, 0) is 55.2 Å². The van der Waals surface area contributed by atoms with E-state index in [2.05, 4.69) is 29.3 Å². The summed E-state index contributed by atoms with van der Waals surface area (Å²) in [4.78, 5) is 2.36. The minimum Gasteiger partial charge on any atom is -0.486 e. The van der Waals surface area contributed by atoms with Crippen LogP contribution in [0.15, 0.2) is 12.1 Å². The molecule has 1 aliphatic carbocycles. The van der Waals surface area contributed by atoms with Crippen molar-refractivity contribution in [1.29, 1.82) is 0 Å². The fourth-order valence-electron chi connectivity index (χ4n) is 4.71. The molecule has 1 aromatic rings. The predicted octanol–water partition coefficient (Wildman–Crippen LogP) is 3.17. The number of methoxy groups -OCH3 is 1. The molecule has 2 aliphatic heterocycles. The molecule has 0 unspecified atom stereocenters. The van der Waals surface area contributed by atoms with Crippen LogP contribution in [0, 0.1) is 0 Å². The zero-order chi connectivity index (χ0) is 18.1. The first-order valence-corrected chi connectivity index (χ1v) is 10.0. The van der Waals surface area contributed by atoms with E-state index in [0.717, 1.165) is 29.7 Å². The van der Waals surface area contributed by atoms with Gasteiger partial charge in [-0.1, -0.05) is 12.8 Å². The number of rotatable bonds is 3. The minimum absolute atomic E-state index is 0.171. The molecule has 0 saturated heterocycles. The first-order valence-electron chi connectivity index (χ1n) is 9.62. The van der Waals surface area contributed by atoms with Crippen LogP contribution >= 0.6 is 12.2 Å². The van der Waals surface area contributed by atoms with Crippen LogP contribution in [0.25, 0.3) is 0 Å². The number of thiocarbonyl (C=S) groups is 1. The average Bonchev–Trinajstić information content (AvgIpc) is 3.13. The molecule has 1 spiro atoms. The first kappa shape index (κ1) is 17.9. The number of fused-ring (bicyclic) bond motifs is 3. The monoisotopic (exact) mass is 376 g/mol. The van der Waals surface area contributed by atoms with Gasteiger partial charge >= 0.3 is 0 Å². The van der Waals surface area contributed by atoms with Gasteiger partial charge < -0.3 is 24.4 Å². The molecule has 6 heteroatoms. The van der Waals surface area contributed by atoms with Crippen molar-refractivity contribution in [1.82, 2.24) is 10.2 Å². The fourth-order valence-corrected chi connectivity index (χ4v) is 5.04. The van der Waals surface area contributed by atoms with Crippen LogP contribution in [-0.2, 0) is 10.2 Å². The summed E-state index contributed by atoms with van der Waals surface area (Å²) in [7, 11) is 1.71. The van der Waals surface area contributed by atoms with Crippen molar-refractivity contribution in [3.8, 4) is 11.5 Å². The molecule has 142 valence electrons. The summed E-state index contributed by atoms with van der Waals surface area (Å²) in [6.07, 6.45) is 4.98. The van der Waals surface area contributed by atoms with Gasteiger partial charge in [0.25, 0.3) is 0 Å². The van der Waals surface area contributed by atoms with E-state index in [1.54, 1.807) is 7.11 Å². The van der Waals surface area contributed by atoms with Gasteiger partial charge in [-0.3, -0.25) is 0 Å². The zero-order valence-corrected chi connectivity index (χ0v) is 16.5. The first-order chi connectivity index (χ1) is 12.6. The molecular formula is C20H28N2O3S. The highest BCUT2D eigenvalue weighted by atomic mass is 32.1. The quantitative estimate of drug-likeness (QED) is 0.646. The highest BCUT2D eigenvalue weighted by Crippen LogP contribution is 2.51. The Hall–Kier alpha value is -1.53. The van der Waals surface area contributed by atoms with Crippen molar-refractivity contribution in [2.24, 2.45) is 0 Å². The maximum atomic E-state index is 5.88. The van der Waals surface area contributed by atoms with Crippen molar-refractivity contribution in [3.05, 3.63) is 23.3 Å². The Morgan fingerprint density at radius 3 is 2.65 bits per heavy atom. The lowest BCUT2D eigenvalue weighted by molar-refractivity contribution is 0.166. The summed E-state index contributed by atoms with van der Waals surface area (Å²) in [5.41, 5.74) is 2.95. The van der Waals surface area contributed by atoms with Crippen LogP contribution in [0.2, 0.25) is 0 Å². The van der Waals surface area contributed by atoms with Crippen molar-refractivity contribution in [2.75, 3.05) is 40.0 Å². The van der Waals surface area contributed by atoms with Crippen LogP contribution in [0.4, 0.5) is 0 Å². The Kier molecular flexibility index (Phi) is 4.97. The van der Waals surface area contributed by atoms with Crippen molar-refractivity contribution < 1.29 is 14.2 Å². The normalized spacial score (nSPS) is 23.0. The Labute approximate surface area is 161 Å². The molecule has 1 fully saturated rings. The number of nitrogens with one attached hydrogen (secondary N) is 1. The fraction of sp³-hybridized carbons (Fsp3) is 0.650. The van der Waals surface area contributed by atoms with Gasteiger partial charge in [-0.2, -0.15) is 0 Å². The summed E-state index contributed by atoms with van der Waals surface area (Å²) in [5, 5.41) is 4.18. The maximum Gasteiger partial charge on any atom is 0.169 e. The molecule has 3 aliphatic rings. The smallest absolute Gasteiger partial charge is 0.169 e. The van der Waals surface area contributed by atoms with Gasteiger partial charge in [-0.15, -0.1) is 0 Å². The molecule has 0 amide bonds. The standard InChI is InChI=1S/C20H28N2O3S/c1-14-15-11-17-18(25-10-9-24-17)12-16(15)20(5-3-4-6-20)13-22(14)19(26)21-7-8-23-2/h11-12,14H,3-10,13H2,1-2H3,(H,21,26)/t14-/m0/s1. The molecule has 0 radical (unpaired) electrons. The molecule has 0 bridgehead atoms. The molecule has 1 saturated carbocycles. The lowest BCUT2D eigenvalue weighted by Gasteiger charge is -2.47. The highest BCUT2D eigenvalue weighted by Gasteiger charge is 2.45. The van der Waals surface area contributed by atoms with Gasteiger partial charge in [0.05, 0.1) is 12.6 Å². The van der Waals surface area contributed by atoms with E-state index in [4.69, 9.17) is 26.4 Å². The SMILES string of the molecule is COCCNC(=S)N1CC2(CCCC2)c2cc3c(cc2[C@@H]1C)OCCO3. The maximum absolute atomic E-state index is 5.88. The lowest BCUT2D eigenvalue weighted by atomic mass is 9.71. The molecule has 26 heavy (non-hydrogen) atoms. The largest absolute Gasteiger partial charge is 0.486 e.